The zero-order valence-electron chi connectivity index (χ0n) is 18.7. The Balaban J connectivity index is 1.28. The van der Waals surface area contributed by atoms with Crippen LogP contribution in [0.2, 0.25) is 0 Å². The number of ether oxygens (including phenoxy) is 1. The van der Waals surface area contributed by atoms with Crippen molar-refractivity contribution in [2.75, 3.05) is 26.2 Å². The van der Waals surface area contributed by atoms with E-state index >= 15 is 0 Å². The van der Waals surface area contributed by atoms with Crippen molar-refractivity contribution in [3.63, 3.8) is 0 Å². The third kappa shape index (κ3) is 4.44. The van der Waals surface area contributed by atoms with Crippen LogP contribution in [0.15, 0.2) is 30.6 Å². The maximum atomic E-state index is 13.9. The maximum absolute atomic E-state index is 13.9. The Morgan fingerprint density at radius 3 is 3.00 bits per heavy atom. The highest BCUT2D eigenvalue weighted by molar-refractivity contribution is 7.10. The van der Waals surface area contributed by atoms with E-state index in [4.69, 9.17) is 15.1 Å². The monoisotopic (exact) mass is 466 g/mol. The van der Waals surface area contributed by atoms with Crippen LogP contribution < -0.4 is 5.32 Å². The number of pyridine rings is 1. The van der Waals surface area contributed by atoms with E-state index in [9.17, 15) is 4.39 Å². The predicted octanol–water partition coefficient (Wildman–Crippen LogP) is 3.45. The van der Waals surface area contributed by atoms with E-state index in [0.717, 1.165) is 66.4 Å². The van der Waals surface area contributed by atoms with Crippen molar-refractivity contribution in [2.24, 2.45) is 0 Å². The summed E-state index contributed by atoms with van der Waals surface area (Å²) in [5.41, 5.74) is 3.95. The number of aryl methyl sites for hydroxylation is 1. The average molecular weight is 467 g/mol. The highest BCUT2D eigenvalue weighted by Gasteiger charge is 2.42. The number of aromatic nitrogens is 3. The van der Waals surface area contributed by atoms with Crippen LogP contribution in [-0.4, -0.2) is 45.9 Å². The maximum Gasteiger partial charge on any atom is 0.177 e. The fourth-order valence-electron chi connectivity index (χ4n) is 4.86. The first kappa shape index (κ1) is 22.2. The van der Waals surface area contributed by atoms with Gasteiger partial charge in [-0.1, -0.05) is 6.07 Å². The first-order valence-corrected chi connectivity index (χ1v) is 12.1. The van der Waals surface area contributed by atoms with Gasteiger partial charge in [-0.05, 0) is 43.9 Å². The van der Waals surface area contributed by atoms with E-state index in [1.807, 2.05) is 23.7 Å². The molecule has 2 aliphatic heterocycles. The molecular weight excluding hydrogens is 439 g/mol. The van der Waals surface area contributed by atoms with Gasteiger partial charge in [0.2, 0.25) is 0 Å². The molecule has 0 bridgehead atoms. The third-order valence-electron chi connectivity index (χ3n) is 6.60. The van der Waals surface area contributed by atoms with E-state index in [0.29, 0.717) is 13.2 Å². The Bertz CT molecular complexity index is 1170. The van der Waals surface area contributed by atoms with Crippen LogP contribution in [0.3, 0.4) is 0 Å². The average Bonchev–Trinajstić information content (AvgIpc) is 3.39. The van der Waals surface area contributed by atoms with Crippen molar-refractivity contribution < 1.29 is 9.13 Å². The second-order valence-electron chi connectivity index (χ2n) is 8.71. The lowest BCUT2D eigenvalue weighted by Crippen LogP contribution is -2.45. The van der Waals surface area contributed by atoms with Crippen molar-refractivity contribution in [2.45, 2.75) is 44.9 Å². The van der Waals surface area contributed by atoms with Gasteiger partial charge in [-0.15, -0.1) is 11.3 Å². The molecule has 5 heterocycles. The molecule has 2 aliphatic rings. The van der Waals surface area contributed by atoms with Crippen LogP contribution in [0.5, 0.6) is 0 Å². The summed E-state index contributed by atoms with van der Waals surface area (Å²) in [5.74, 6) is 0.776. The summed E-state index contributed by atoms with van der Waals surface area (Å²) in [6.45, 7) is 6.15. The van der Waals surface area contributed by atoms with Crippen LogP contribution in [-0.2, 0) is 29.8 Å². The van der Waals surface area contributed by atoms with Crippen molar-refractivity contribution in [3.8, 4) is 11.9 Å². The Kier molecular flexibility index (Phi) is 6.25. The first-order valence-electron chi connectivity index (χ1n) is 11.3. The molecule has 0 aliphatic carbocycles. The van der Waals surface area contributed by atoms with Gasteiger partial charge in [0, 0.05) is 54.6 Å². The number of nitrogens with zero attached hydrogens (tertiary/aromatic N) is 5. The molecule has 0 amide bonds. The van der Waals surface area contributed by atoms with Crippen molar-refractivity contribution >= 4 is 11.3 Å². The Morgan fingerprint density at radius 1 is 1.33 bits per heavy atom. The zero-order valence-corrected chi connectivity index (χ0v) is 19.5. The van der Waals surface area contributed by atoms with Gasteiger partial charge >= 0.3 is 0 Å². The number of nitriles is 1. The molecule has 0 aromatic carbocycles. The van der Waals surface area contributed by atoms with Gasteiger partial charge in [-0.25, -0.2) is 9.67 Å². The molecule has 1 fully saturated rings. The molecule has 1 N–H and O–H groups in total. The van der Waals surface area contributed by atoms with E-state index in [2.05, 4.69) is 27.5 Å². The number of piperidine rings is 1. The van der Waals surface area contributed by atoms with E-state index in [1.165, 1.54) is 16.9 Å². The van der Waals surface area contributed by atoms with Gasteiger partial charge in [-0.2, -0.15) is 14.8 Å². The highest BCUT2D eigenvalue weighted by atomic mass is 32.1. The third-order valence-corrected chi connectivity index (χ3v) is 7.76. The lowest BCUT2D eigenvalue weighted by molar-refractivity contribution is -0.0960. The Hall–Kier alpha value is -2.64. The molecule has 3 aromatic heterocycles. The van der Waals surface area contributed by atoms with Crippen LogP contribution in [0.4, 0.5) is 4.39 Å². The molecule has 0 saturated carbocycles. The van der Waals surface area contributed by atoms with Gasteiger partial charge in [-0.3, -0.25) is 4.90 Å². The molecule has 0 atom stereocenters. The Labute approximate surface area is 196 Å². The van der Waals surface area contributed by atoms with Crippen LogP contribution in [0.1, 0.15) is 40.1 Å². The van der Waals surface area contributed by atoms with E-state index < -0.39 is 0 Å². The number of likely N-dealkylation sites (tertiary alicyclic amines) is 1. The van der Waals surface area contributed by atoms with E-state index in [1.54, 1.807) is 12.3 Å². The number of halogens is 1. The predicted molar refractivity (Wildman–Crippen MR) is 124 cm³/mol. The largest absolute Gasteiger partial charge is 0.369 e. The smallest absolute Gasteiger partial charge is 0.177 e. The molecule has 0 radical (unpaired) electrons. The SMILES string of the molecule is Cc1nn(-c2ncccc2CNCC#N)cc1CN1CCC2(CC1)OCCc1cc(F)sc12. The van der Waals surface area contributed by atoms with Gasteiger partial charge in [0.1, 0.15) is 5.60 Å². The summed E-state index contributed by atoms with van der Waals surface area (Å²) in [4.78, 5) is 8.05. The molecule has 172 valence electrons. The number of nitrogens with one attached hydrogen (secondary N) is 1. The molecular formula is C24H27FN6OS. The fraction of sp³-hybridized carbons (Fsp3) is 0.458. The quantitative estimate of drug-likeness (QED) is 0.443. The normalized spacial score (nSPS) is 17.7. The molecule has 7 nitrogen and oxygen atoms in total. The first-order chi connectivity index (χ1) is 16.1. The van der Waals surface area contributed by atoms with Crippen molar-refractivity contribution in [3.05, 3.63) is 63.0 Å². The Morgan fingerprint density at radius 2 is 2.18 bits per heavy atom. The molecule has 3 aromatic rings. The number of fused-ring (bicyclic) bond motifs is 2. The number of thiophene rings is 1. The van der Waals surface area contributed by atoms with Gasteiger partial charge in [0.05, 0.1) is 24.9 Å². The van der Waals surface area contributed by atoms with E-state index in [-0.39, 0.29) is 17.3 Å². The van der Waals surface area contributed by atoms with Crippen molar-refractivity contribution in [1.82, 2.24) is 25.0 Å². The summed E-state index contributed by atoms with van der Waals surface area (Å²) in [5, 5.41) is 16.5. The molecule has 1 spiro atoms. The summed E-state index contributed by atoms with van der Waals surface area (Å²) < 4.78 is 22.0. The lowest BCUT2D eigenvalue weighted by atomic mass is 9.85. The van der Waals surface area contributed by atoms with Gasteiger partial charge in [0.25, 0.3) is 0 Å². The molecule has 33 heavy (non-hydrogen) atoms. The molecule has 0 unspecified atom stereocenters. The lowest BCUT2D eigenvalue weighted by Gasteiger charge is -2.43. The molecule has 1 saturated heterocycles. The summed E-state index contributed by atoms with van der Waals surface area (Å²) in [7, 11) is 0. The van der Waals surface area contributed by atoms with Gasteiger partial charge in [0.15, 0.2) is 10.9 Å². The fourth-order valence-corrected chi connectivity index (χ4v) is 6.00. The minimum absolute atomic E-state index is 0.105. The number of rotatable bonds is 6. The number of hydrogen-bond donors (Lipinski definition) is 1. The summed E-state index contributed by atoms with van der Waals surface area (Å²) in [6.07, 6.45) is 6.38. The highest BCUT2D eigenvalue weighted by Crippen LogP contribution is 2.45. The molecule has 5 rings (SSSR count). The summed E-state index contributed by atoms with van der Waals surface area (Å²) >= 11 is 1.26. The summed E-state index contributed by atoms with van der Waals surface area (Å²) in [6, 6.07) is 7.68. The van der Waals surface area contributed by atoms with Crippen molar-refractivity contribution in [1.29, 1.82) is 5.26 Å². The van der Waals surface area contributed by atoms with Crippen LogP contribution >= 0.6 is 11.3 Å². The second kappa shape index (κ2) is 9.31. The minimum Gasteiger partial charge on any atom is -0.369 e. The van der Waals surface area contributed by atoms with Gasteiger partial charge < -0.3 is 10.1 Å². The standard InChI is InChI=1S/C24H27FN6OS/c1-17-20(16-31(29-17)23-19(3-2-8-28-23)14-27-9-7-26)15-30-10-5-24(6-11-30)22-18(4-12-32-24)13-21(25)33-22/h2-3,8,13,16,27H,4-6,9-12,14-15H2,1H3. The molecule has 9 heteroatoms. The van der Waals surface area contributed by atoms with Crippen LogP contribution in [0.25, 0.3) is 5.82 Å². The second-order valence-corrected chi connectivity index (χ2v) is 9.71. The van der Waals surface area contributed by atoms with Crippen LogP contribution in [0, 0.1) is 23.4 Å². The minimum atomic E-state index is -0.322. The number of hydrogen-bond acceptors (Lipinski definition) is 7. The zero-order chi connectivity index (χ0) is 22.8. The topological polar surface area (TPSA) is 79.0 Å².